The van der Waals surface area contributed by atoms with Crippen molar-refractivity contribution < 1.29 is 9.90 Å². The average molecular weight is 211 g/mol. The summed E-state index contributed by atoms with van der Waals surface area (Å²) in [5.41, 5.74) is -0.581. The monoisotopic (exact) mass is 211 g/mol. The maximum absolute atomic E-state index is 11.3. The van der Waals surface area contributed by atoms with Crippen LogP contribution in [-0.4, -0.2) is 22.7 Å². The molecule has 0 bridgehead atoms. The summed E-state index contributed by atoms with van der Waals surface area (Å²) >= 11 is 0. The molecular weight excluding hydrogens is 190 g/mol. The Labute approximate surface area is 91.2 Å². The van der Waals surface area contributed by atoms with Crippen LogP contribution < -0.4 is 5.32 Å². The second-order valence-corrected chi connectivity index (χ2v) is 5.07. The highest BCUT2D eigenvalue weighted by Crippen LogP contribution is 2.32. The Morgan fingerprint density at radius 1 is 1.07 bits per heavy atom. The van der Waals surface area contributed by atoms with Gasteiger partial charge in [-0.3, -0.25) is 10.1 Å². The van der Waals surface area contributed by atoms with Crippen LogP contribution >= 0.6 is 0 Å². The van der Waals surface area contributed by atoms with Gasteiger partial charge in [-0.2, -0.15) is 0 Å². The number of carboxylic acids is 1. The van der Waals surface area contributed by atoms with Crippen LogP contribution in [0.5, 0.6) is 0 Å². The van der Waals surface area contributed by atoms with Crippen molar-refractivity contribution in [2.75, 3.05) is 0 Å². The van der Waals surface area contributed by atoms with Crippen LogP contribution in [0.1, 0.15) is 57.8 Å². The van der Waals surface area contributed by atoms with Gasteiger partial charge in [0, 0.05) is 6.04 Å². The van der Waals surface area contributed by atoms with Gasteiger partial charge in [0.15, 0.2) is 0 Å². The third kappa shape index (κ3) is 2.33. The molecule has 0 unspecified atom stereocenters. The molecule has 3 heteroatoms. The van der Waals surface area contributed by atoms with Gasteiger partial charge in [-0.25, -0.2) is 0 Å². The maximum Gasteiger partial charge on any atom is 0.323 e. The number of aliphatic carboxylic acids is 1. The molecule has 0 aromatic carbocycles. The molecule has 0 aromatic rings. The lowest BCUT2D eigenvalue weighted by Crippen LogP contribution is -2.54. The fourth-order valence-electron chi connectivity index (χ4n) is 3.04. The van der Waals surface area contributed by atoms with Crippen LogP contribution in [0.3, 0.4) is 0 Å². The molecule has 0 aromatic heterocycles. The fraction of sp³-hybridized carbons (Fsp3) is 0.917. The molecule has 2 fully saturated rings. The van der Waals surface area contributed by atoms with Crippen LogP contribution in [0.25, 0.3) is 0 Å². The van der Waals surface area contributed by atoms with Gasteiger partial charge < -0.3 is 5.11 Å². The van der Waals surface area contributed by atoms with Crippen molar-refractivity contribution in [3.8, 4) is 0 Å². The predicted octanol–water partition coefficient (Wildman–Crippen LogP) is 2.31. The lowest BCUT2D eigenvalue weighted by atomic mass is 9.90. The van der Waals surface area contributed by atoms with Crippen molar-refractivity contribution in [1.82, 2.24) is 5.32 Å². The molecule has 86 valence electrons. The molecule has 0 radical (unpaired) electrons. The molecule has 2 N–H and O–H groups in total. The molecule has 15 heavy (non-hydrogen) atoms. The Hall–Kier alpha value is -0.570. The Kier molecular flexibility index (Phi) is 3.29. The second kappa shape index (κ2) is 4.52. The SMILES string of the molecule is O=C(O)C1(NC2CCCCC2)CCCC1. The first-order valence-corrected chi connectivity index (χ1v) is 6.24. The number of hydrogen-bond acceptors (Lipinski definition) is 2. The Balaban J connectivity index is 1.96. The minimum Gasteiger partial charge on any atom is -0.480 e. The van der Waals surface area contributed by atoms with Crippen molar-refractivity contribution in [2.24, 2.45) is 0 Å². The highest BCUT2D eigenvalue weighted by Gasteiger charge is 2.42. The third-order valence-electron chi connectivity index (χ3n) is 3.95. The van der Waals surface area contributed by atoms with E-state index in [4.69, 9.17) is 0 Å². The normalized spacial score (nSPS) is 26.7. The van der Waals surface area contributed by atoms with Crippen molar-refractivity contribution in [1.29, 1.82) is 0 Å². The summed E-state index contributed by atoms with van der Waals surface area (Å²) < 4.78 is 0. The first-order valence-electron chi connectivity index (χ1n) is 6.24. The van der Waals surface area contributed by atoms with E-state index in [1.165, 1.54) is 19.3 Å². The van der Waals surface area contributed by atoms with Gasteiger partial charge in [-0.15, -0.1) is 0 Å². The van der Waals surface area contributed by atoms with Crippen LogP contribution in [0.4, 0.5) is 0 Å². The van der Waals surface area contributed by atoms with Gasteiger partial charge in [-0.05, 0) is 25.7 Å². The number of carboxylic acid groups (broad SMARTS) is 1. The molecule has 0 aliphatic heterocycles. The summed E-state index contributed by atoms with van der Waals surface area (Å²) in [6.07, 6.45) is 9.92. The van der Waals surface area contributed by atoms with Gasteiger partial charge in [0.2, 0.25) is 0 Å². The molecule has 2 saturated carbocycles. The summed E-state index contributed by atoms with van der Waals surface area (Å²) in [7, 11) is 0. The second-order valence-electron chi connectivity index (χ2n) is 5.07. The largest absolute Gasteiger partial charge is 0.480 e. The lowest BCUT2D eigenvalue weighted by Gasteiger charge is -2.33. The summed E-state index contributed by atoms with van der Waals surface area (Å²) in [4.78, 5) is 11.3. The van der Waals surface area contributed by atoms with E-state index in [2.05, 4.69) is 5.32 Å². The van der Waals surface area contributed by atoms with E-state index < -0.39 is 11.5 Å². The minimum atomic E-state index is -0.634. The number of carbonyl (C=O) groups is 1. The molecule has 3 nitrogen and oxygen atoms in total. The molecule has 2 rings (SSSR count). The zero-order valence-electron chi connectivity index (χ0n) is 9.30. The van der Waals surface area contributed by atoms with Gasteiger partial charge in [0.05, 0.1) is 0 Å². The lowest BCUT2D eigenvalue weighted by molar-refractivity contribution is -0.145. The highest BCUT2D eigenvalue weighted by atomic mass is 16.4. The van der Waals surface area contributed by atoms with Crippen molar-refractivity contribution in [2.45, 2.75) is 69.4 Å². The first kappa shape index (κ1) is 10.9. The molecule has 0 spiro atoms. The number of nitrogens with one attached hydrogen (secondary N) is 1. The Bertz CT molecular complexity index is 228. The highest BCUT2D eigenvalue weighted by molar-refractivity contribution is 5.79. The van der Waals surface area contributed by atoms with Gasteiger partial charge in [0.25, 0.3) is 0 Å². The zero-order chi connectivity index (χ0) is 10.7. The molecule has 2 aliphatic rings. The van der Waals surface area contributed by atoms with Gasteiger partial charge >= 0.3 is 5.97 Å². The van der Waals surface area contributed by atoms with E-state index in [1.807, 2.05) is 0 Å². The summed E-state index contributed by atoms with van der Waals surface area (Å²) in [5.74, 6) is -0.634. The van der Waals surface area contributed by atoms with E-state index >= 15 is 0 Å². The third-order valence-corrected chi connectivity index (χ3v) is 3.95. The Morgan fingerprint density at radius 3 is 2.20 bits per heavy atom. The molecule has 0 saturated heterocycles. The zero-order valence-corrected chi connectivity index (χ0v) is 9.30. The minimum absolute atomic E-state index is 0.452. The molecule has 0 atom stereocenters. The average Bonchev–Trinajstić information content (AvgIpc) is 2.69. The van der Waals surface area contributed by atoms with E-state index in [-0.39, 0.29) is 0 Å². The smallest absolute Gasteiger partial charge is 0.323 e. The first-order chi connectivity index (χ1) is 7.23. The van der Waals surface area contributed by atoms with Crippen LogP contribution in [0, 0.1) is 0 Å². The summed E-state index contributed by atoms with van der Waals surface area (Å²) in [6, 6.07) is 0.452. The summed E-state index contributed by atoms with van der Waals surface area (Å²) in [5, 5.41) is 12.8. The predicted molar refractivity (Wildman–Crippen MR) is 58.8 cm³/mol. The molecular formula is C12H21NO2. The van der Waals surface area contributed by atoms with E-state index in [9.17, 15) is 9.90 Å². The molecule has 0 amide bonds. The van der Waals surface area contributed by atoms with Crippen LogP contribution in [0.2, 0.25) is 0 Å². The van der Waals surface area contributed by atoms with E-state index in [1.54, 1.807) is 0 Å². The molecule has 2 aliphatic carbocycles. The quantitative estimate of drug-likeness (QED) is 0.753. The number of hydrogen-bond donors (Lipinski definition) is 2. The van der Waals surface area contributed by atoms with Gasteiger partial charge in [-0.1, -0.05) is 32.1 Å². The van der Waals surface area contributed by atoms with E-state index in [0.29, 0.717) is 6.04 Å². The molecule has 0 heterocycles. The standard InChI is InChI=1S/C12H21NO2/c14-11(15)12(8-4-5-9-12)13-10-6-2-1-3-7-10/h10,13H,1-9H2,(H,14,15). The van der Waals surface area contributed by atoms with Crippen molar-refractivity contribution in [3.63, 3.8) is 0 Å². The van der Waals surface area contributed by atoms with Crippen LogP contribution in [0.15, 0.2) is 0 Å². The maximum atomic E-state index is 11.3. The van der Waals surface area contributed by atoms with Crippen molar-refractivity contribution >= 4 is 5.97 Å². The summed E-state index contributed by atoms with van der Waals surface area (Å²) in [6.45, 7) is 0. The fourth-order valence-corrected chi connectivity index (χ4v) is 3.04. The topological polar surface area (TPSA) is 49.3 Å². The van der Waals surface area contributed by atoms with E-state index in [0.717, 1.165) is 38.5 Å². The Morgan fingerprint density at radius 2 is 1.67 bits per heavy atom. The van der Waals surface area contributed by atoms with Crippen LogP contribution in [-0.2, 0) is 4.79 Å². The van der Waals surface area contributed by atoms with Crippen molar-refractivity contribution in [3.05, 3.63) is 0 Å². The van der Waals surface area contributed by atoms with Gasteiger partial charge in [0.1, 0.15) is 5.54 Å². The number of rotatable bonds is 3.